The molecule has 0 atom stereocenters. The number of nitrogens with zero attached hydrogens (tertiary/aromatic N) is 5. The number of halogens is 2. The highest BCUT2D eigenvalue weighted by molar-refractivity contribution is 7.80. The smallest absolute Gasteiger partial charge is 0.335 e. The molecule has 11 nitrogen and oxygen atoms in total. The largest absolute Gasteiger partial charge is 0.478 e. The highest BCUT2D eigenvalue weighted by Gasteiger charge is 2.27. The van der Waals surface area contributed by atoms with Crippen LogP contribution in [0.4, 0.5) is 28.7 Å². The number of nitro benzene ring substituents is 1. The molecule has 0 spiro atoms. The highest BCUT2D eigenvalue weighted by atomic mass is 35.5. The van der Waals surface area contributed by atoms with Crippen LogP contribution in [-0.2, 0) is 0 Å². The van der Waals surface area contributed by atoms with Crippen LogP contribution in [0.25, 0.3) is 0 Å². The molecule has 2 aromatic carbocycles. The number of benzene rings is 2. The van der Waals surface area contributed by atoms with Crippen LogP contribution in [0.2, 0.25) is 10.3 Å². The van der Waals surface area contributed by atoms with E-state index in [-0.39, 0.29) is 49.6 Å². The summed E-state index contributed by atoms with van der Waals surface area (Å²) >= 11 is 18.2. The first-order valence-corrected chi connectivity index (χ1v) is 12.0. The molecule has 0 aliphatic heterocycles. The molecule has 0 aliphatic carbocycles. The molecule has 196 valence electrons. The molecule has 0 saturated carbocycles. The molecule has 4 rings (SSSR count). The first kappa shape index (κ1) is 27.4. The van der Waals surface area contributed by atoms with Gasteiger partial charge in [0.15, 0.2) is 5.11 Å². The third kappa shape index (κ3) is 6.09. The maximum absolute atomic E-state index is 11.8. The molecule has 2 heterocycles. The van der Waals surface area contributed by atoms with Crippen molar-refractivity contribution in [1.82, 2.24) is 9.97 Å². The minimum absolute atomic E-state index is 0.0426. The summed E-state index contributed by atoms with van der Waals surface area (Å²) in [6.07, 6.45) is 0. The zero-order chi connectivity index (χ0) is 28.3. The Morgan fingerprint density at radius 3 is 1.64 bits per heavy atom. The Kier molecular flexibility index (Phi) is 8.00. The molecule has 14 heteroatoms. The van der Waals surface area contributed by atoms with Crippen molar-refractivity contribution in [3.8, 4) is 0 Å². The quantitative estimate of drug-likeness (QED) is 0.108. The second-order valence-electron chi connectivity index (χ2n) is 7.74. The second kappa shape index (κ2) is 11.4. The second-order valence-corrected chi connectivity index (χ2v) is 8.88. The fourth-order valence-electron chi connectivity index (χ4n) is 3.54. The van der Waals surface area contributed by atoms with E-state index in [9.17, 15) is 29.9 Å². The monoisotopic (exact) mass is 583 g/mol. The first-order valence-electron chi connectivity index (χ1n) is 10.8. The van der Waals surface area contributed by atoms with E-state index in [0.717, 1.165) is 6.07 Å². The van der Waals surface area contributed by atoms with Crippen molar-refractivity contribution < 1.29 is 24.7 Å². The number of carbonyl (C=O) groups is 2. The van der Waals surface area contributed by atoms with Crippen LogP contribution in [0.5, 0.6) is 0 Å². The lowest BCUT2D eigenvalue weighted by Gasteiger charge is -2.33. The zero-order valence-corrected chi connectivity index (χ0v) is 21.8. The van der Waals surface area contributed by atoms with E-state index in [1.165, 1.54) is 64.4 Å². The van der Waals surface area contributed by atoms with Crippen LogP contribution < -0.4 is 9.80 Å². The van der Waals surface area contributed by atoms with Crippen LogP contribution in [0.1, 0.15) is 20.7 Å². The van der Waals surface area contributed by atoms with Crippen molar-refractivity contribution in [1.29, 1.82) is 0 Å². The molecule has 0 aliphatic rings. The van der Waals surface area contributed by atoms with Gasteiger partial charge in [-0.3, -0.25) is 19.9 Å². The maximum atomic E-state index is 11.8. The molecule has 0 fully saturated rings. The molecule has 39 heavy (non-hydrogen) atoms. The number of hydrogen-bond acceptors (Lipinski definition) is 7. The number of rotatable bonds is 7. The van der Waals surface area contributed by atoms with E-state index in [1.54, 1.807) is 18.2 Å². The van der Waals surface area contributed by atoms with Crippen molar-refractivity contribution in [3.63, 3.8) is 0 Å². The van der Waals surface area contributed by atoms with Crippen molar-refractivity contribution >= 4 is 81.2 Å². The molecule has 2 N–H and O–H groups in total. The predicted molar refractivity (Wildman–Crippen MR) is 149 cm³/mol. The average molecular weight is 584 g/mol. The lowest BCUT2D eigenvalue weighted by atomic mass is 10.1. The molecule has 0 amide bonds. The molecule has 0 unspecified atom stereocenters. The van der Waals surface area contributed by atoms with E-state index < -0.39 is 16.9 Å². The standard InChI is InChI=1S/C25H15Cl2N5O6S/c26-19-3-1-5-21(28-19)30(16-7-9-17(10-8-16)32(37)38)25(39)31(22-6-2-4-20(27)29-22)18-12-14(23(33)34)11-15(13-18)24(35)36/h1-13H,(H,33,34)(H,35,36). The van der Waals surface area contributed by atoms with Gasteiger partial charge in [0.25, 0.3) is 5.69 Å². The molecule has 4 aromatic rings. The zero-order valence-electron chi connectivity index (χ0n) is 19.4. The van der Waals surface area contributed by atoms with Gasteiger partial charge in [0.1, 0.15) is 21.9 Å². The van der Waals surface area contributed by atoms with Gasteiger partial charge in [0.2, 0.25) is 0 Å². The molecule has 0 saturated heterocycles. The summed E-state index contributed by atoms with van der Waals surface area (Å²) in [5.41, 5.74) is -0.427. The minimum Gasteiger partial charge on any atom is -0.478 e. The highest BCUT2D eigenvalue weighted by Crippen LogP contribution is 2.34. The summed E-state index contributed by atoms with van der Waals surface area (Å²) < 4.78 is 0. The van der Waals surface area contributed by atoms with Gasteiger partial charge in [-0.25, -0.2) is 19.6 Å². The summed E-state index contributed by atoms with van der Waals surface area (Å²) in [5.74, 6) is -2.40. The summed E-state index contributed by atoms with van der Waals surface area (Å²) in [6.45, 7) is 0. The Bertz CT molecular complexity index is 1590. The van der Waals surface area contributed by atoms with Crippen molar-refractivity contribution in [2.24, 2.45) is 0 Å². The van der Waals surface area contributed by atoms with Gasteiger partial charge >= 0.3 is 11.9 Å². The Hall–Kier alpha value is -4.65. The van der Waals surface area contributed by atoms with Gasteiger partial charge < -0.3 is 10.2 Å². The third-order valence-corrected chi connectivity index (χ3v) is 6.02. The minimum atomic E-state index is -1.37. The normalized spacial score (nSPS) is 10.5. The number of non-ortho nitro benzene ring substituents is 1. The van der Waals surface area contributed by atoms with Crippen molar-refractivity contribution in [2.75, 3.05) is 9.80 Å². The summed E-state index contributed by atoms with van der Waals surface area (Å²) in [6, 6.07) is 18.2. The lowest BCUT2D eigenvalue weighted by Crippen LogP contribution is -2.39. The molecule has 2 aromatic heterocycles. The number of anilines is 4. The molecule has 0 radical (unpaired) electrons. The van der Waals surface area contributed by atoms with Crippen LogP contribution in [-0.4, -0.2) is 42.2 Å². The Morgan fingerprint density at radius 2 is 1.23 bits per heavy atom. The Labute approximate surface area is 235 Å². The number of aromatic carboxylic acids is 2. The molecular formula is C25H15Cl2N5O6S. The third-order valence-electron chi connectivity index (χ3n) is 5.23. The van der Waals surface area contributed by atoms with E-state index in [0.29, 0.717) is 5.69 Å². The summed E-state index contributed by atoms with van der Waals surface area (Å²) in [4.78, 5) is 45.7. The average Bonchev–Trinajstić information content (AvgIpc) is 2.89. The first-order chi connectivity index (χ1) is 18.5. The van der Waals surface area contributed by atoms with E-state index in [1.807, 2.05) is 0 Å². The van der Waals surface area contributed by atoms with Gasteiger partial charge in [0.05, 0.1) is 27.4 Å². The van der Waals surface area contributed by atoms with Crippen LogP contribution in [0.3, 0.4) is 0 Å². The lowest BCUT2D eigenvalue weighted by molar-refractivity contribution is -0.384. The fourth-order valence-corrected chi connectivity index (χ4v) is 4.25. The molecule has 0 bridgehead atoms. The van der Waals surface area contributed by atoms with Gasteiger partial charge in [-0.15, -0.1) is 0 Å². The number of aromatic nitrogens is 2. The number of carboxylic acid groups (broad SMARTS) is 2. The number of pyridine rings is 2. The van der Waals surface area contributed by atoms with Crippen molar-refractivity contribution in [3.05, 3.63) is 110 Å². The Balaban J connectivity index is 1.98. The van der Waals surface area contributed by atoms with E-state index in [2.05, 4.69) is 9.97 Å². The van der Waals surface area contributed by atoms with Crippen LogP contribution in [0, 0.1) is 10.1 Å². The van der Waals surface area contributed by atoms with E-state index >= 15 is 0 Å². The van der Waals surface area contributed by atoms with Gasteiger partial charge in [0, 0.05) is 12.1 Å². The molecular weight excluding hydrogens is 569 g/mol. The Morgan fingerprint density at radius 1 is 0.769 bits per heavy atom. The SMILES string of the molecule is O=C(O)c1cc(C(=O)O)cc(N(C(=S)N(c2ccc([N+](=O)[O-])cc2)c2cccc(Cl)n2)c2cccc(Cl)n2)c1. The predicted octanol–water partition coefficient (Wildman–Crippen LogP) is 6.35. The number of hydrogen-bond donors (Lipinski definition) is 2. The summed E-state index contributed by atoms with van der Waals surface area (Å²) in [7, 11) is 0. The number of nitro groups is 1. The van der Waals surface area contributed by atoms with Gasteiger partial charge in [-0.2, -0.15) is 0 Å². The van der Waals surface area contributed by atoms with Crippen LogP contribution >= 0.6 is 35.4 Å². The number of carboxylic acids is 2. The topological polar surface area (TPSA) is 150 Å². The van der Waals surface area contributed by atoms with E-state index in [4.69, 9.17) is 35.4 Å². The van der Waals surface area contributed by atoms with Gasteiger partial charge in [-0.1, -0.05) is 35.3 Å². The maximum Gasteiger partial charge on any atom is 0.335 e. The van der Waals surface area contributed by atoms with Gasteiger partial charge in [-0.05, 0) is 66.8 Å². The summed E-state index contributed by atoms with van der Waals surface area (Å²) in [5, 5.41) is 30.6. The number of thiocarbonyl (C=S) groups is 1. The fraction of sp³-hybridized carbons (Fsp3) is 0. The van der Waals surface area contributed by atoms with Crippen molar-refractivity contribution in [2.45, 2.75) is 0 Å². The van der Waals surface area contributed by atoms with Crippen LogP contribution in [0.15, 0.2) is 78.9 Å².